The van der Waals surface area contributed by atoms with Crippen LogP contribution in [0.15, 0.2) is 54.7 Å². The molecule has 0 saturated carbocycles. The van der Waals surface area contributed by atoms with Crippen molar-refractivity contribution in [1.82, 2.24) is 14.9 Å². The van der Waals surface area contributed by atoms with Crippen molar-refractivity contribution < 1.29 is 4.74 Å². The molecule has 1 aromatic heterocycles. The Kier molecular flexibility index (Phi) is 4.36. The predicted molar refractivity (Wildman–Crippen MR) is 95.4 cm³/mol. The summed E-state index contributed by atoms with van der Waals surface area (Å²) in [6.45, 7) is 4.57. The van der Waals surface area contributed by atoms with Gasteiger partial charge in [-0.25, -0.2) is 9.97 Å². The maximum absolute atomic E-state index is 5.40. The number of morpholine rings is 1. The first-order chi connectivity index (χ1) is 11.9. The smallest absolute Gasteiger partial charge is 0.227 e. The Balaban J connectivity index is 1.50. The molecule has 1 fully saturated rings. The number of nitrogens with zero attached hydrogens (tertiary/aromatic N) is 3. The van der Waals surface area contributed by atoms with Crippen LogP contribution in [0.5, 0.6) is 0 Å². The van der Waals surface area contributed by atoms with Crippen LogP contribution in [0.3, 0.4) is 0 Å². The Labute approximate surface area is 141 Å². The molecule has 0 bridgehead atoms. The molecule has 5 heteroatoms. The second-order valence-electron chi connectivity index (χ2n) is 5.97. The predicted octanol–water partition coefficient (Wildman–Crippen LogP) is 3.21. The van der Waals surface area contributed by atoms with E-state index in [0.717, 1.165) is 49.4 Å². The van der Waals surface area contributed by atoms with Gasteiger partial charge in [0, 0.05) is 36.9 Å². The van der Waals surface area contributed by atoms with Gasteiger partial charge in [0.25, 0.3) is 0 Å². The van der Waals surface area contributed by atoms with Gasteiger partial charge in [-0.15, -0.1) is 0 Å². The summed E-state index contributed by atoms with van der Waals surface area (Å²) in [6.07, 6.45) is 1.85. The number of hydrogen-bond acceptors (Lipinski definition) is 5. The largest absolute Gasteiger partial charge is 0.379 e. The molecule has 0 aliphatic carbocycles. The normalized spacial score (nSPS) is 15.5. The number of nitrogens with one attached hydrogen (secondary N) is 1. The minimum atomic E-state index is 0.622. The van der Waals surface area contributed by atoms with Gasteiger partial charge in [-0.2, -0.15) is 0 Å². The molecule has 0 unspecified atom stereocenters. The summed E-state index contributed by atoms with van der Waals surface area (Å²) in [7, 11) is 0. The van der Waals surface area contributed by atoms with Crippen molar-refractivity contribution in [3.8, 4) is 0 Å². The number of ether oxygens (including phenoxy) is 1. The third-order valence-electron chi connectivity index (χ3n) is 4.18. The molecule has 1 N–H and O–H groups in total. The van der Waals surface area contributed by atoms with E-state index in [2.05, 4.69) is 38.4 Å². The van der Waals surface area contributed by atoms with E-state index in [1.807, 2.05) is 36.5 Å². The zero-order valence-corrected chi connectivity index (χ0v) is 13.5. The quantitative estimate of drug-likeness (QED) is 0.800. The van der Waals surface area contributed by atoms with Crippen LogP contribution in [0.2, 0.25) is 0 Å². The topological polar surface area (TPSA) is 50.3 Å². The molecule has 0 spiro atoms. The summed E-state index contributed by atoms with van der Waals surface area (Å²) in [4.78, 5) is 11.4. The van der Waals surface area contributed by atoms with Crippen LogP contribution in [0.4, 0.5) is 11.6 Å². The van der Waals surface area contributed by atoms with Crippen molar-refractivity contribution in [2.24, 2.45) is 0 Å². The number of benzene rings is 2. The Morgan fingerprint density at radius 1 is 1.04 bits per heavy atom. The van der Waals surface area contributed by atoms with Gasteiger partial charge in [-0.3, -0.25) is 4.90 Å². The minimum absolute atomic E-state index is 0.622. The van der Waals surface area contributed by atoms with Crippen LogP contribution >= 0.6 is 0 Å². The number of aromatic nitrogens is 2. The molecule has 122 valence electrons. The molecule has 2 heterocycles. The third kappa shape index (κ3) is 3.53. The number of rotatable bonds is 4. The summed E-state index contributed by atoms with van der Waals surface area (Å²) in [6, 6.07) is 16.4. The van der Waals surface area contributed by atoms with E-state index in [9.17, 15) is 0 Å². The Bertz CT molecular complexity index is 830. The van der Waals surface area contributed by atoms with Crippen LogP contribution in [-0.2, 0) is 11.3 Å². The molecule has 5 nitrogen and oxygen atoms in total. The highest BCUT2D eigenvalue weighted by Gasteiger charge is 2.11. The lowest BCUT2D eigenvalue weighted by molar-refractivity contribution is 0.0342. The van der Waals surface area contributed by atoms with Gasteiger partial charge in [-0.1, -0.05) is 30.3 Å². The van der Waals surface area contributed by atoms with Crippen molar-refractivity contribution >= 4 is 22.5 Å². The molecule has 1 saturated heterocycles. The maximum atomic E-state index is 5.40. The zero-order chi connectivity index (χ0) is 16.2. The number of hydrogen-bond donors (Lipinski definition) is 1. The second-order valence-corrected chi connectivity index (χ2v) is 5.97. The number of anilines is 2. The van der Waals surface area contributed by atoms with Crippen molar-refractivity contribution in [3.63, 3.8) is 0 Å². The van der Waals surface area contributed by atoms with Crippen molar-refractivity contribution in [2.75, 3.05) is 31.6 Å². The highest BCUT2D eigenvalue weighted by molar-refractivity contribution is 5.78. The highest BCUT2D eigenvalue weighted by atomic mass is 16.5. The lowest BCUT2D eigenvalue weighted by Crippen LogP contribution is -2.35. The van der Waals surface area contributed by atoms with Gasteiger partial charge in [-0.05, 0) is 23.8 Å². The zero-order valence-electron chi connectivity index (χ0n) is 13.5. The lowest BCUT2D eigenvalue weighted by atomic mass is 10.2. The molecule has 1 aliphatic rings. The molecule has 24 heavy (non-hydrogen) atoms. The van der Waals surface area contributed by atoms with E-state index in [1.165, 1.54) is 5.56 Å². The van der Waals surface area contributed by atoms with Crippen LogP contribution in [0.25, 0.3) is 10.9 Å². The van der Waals surface area contributed by atoms with E-state index in [0.29, 0.717) is 5.95 Å². The van der Waals surface area contributed by atoms with Gasteiger partial charge in [0.15, 0.2) is 0 Å². The van der Waals surface area contributed by atoms with Gasteiger partial charge < -0.3 is 10.1 Å². The highest BCUT2D eigenvalue weighted by Crippen LogP contribution is 2.18. The second kappa shape index (κ2) is 6.95. The third-order valence-corrected chi connectivity index (χ3v) is 4.18. The van der Waals surface area contributed by atoms with E-state index < -0.39 is 0 Å². The maximum Gasteiger partial charge on any atom is 0.227 e. The Morgan fingerprint density at radius 2 is 1.92 bits per heavy atom. The van der Waals surface area contributed by atoms with E-state index in [-0.39, 0.29) is 0 Å². The fourth-order valence-electron chi connectivity index (χ4n) is 2.93. The summed E-state index contributed by atoms with van der Waals surface area (Å²) < 4.78 is 5.40. The average Bonchev–Trinajstić information content (AvgIpc) is 2.63. The molecule has 3 aromatic rings. The van der Waals surface area contributed by atoms with Crippen molar-refractivity contribution in [1.29, 1.82) is 0 Å². The summed E-state index contributed by atoms with van der Waals surface area (Å²) in [5.74, 6) is 0.622. The van der Waals surface area contributed by atoms with Crippen LogP contribution in [0, 0.1) is 0 Å². The van der Waals surface area contributed by atoms with Crippen molar-refractivity contribution in [3.05, 3.63) is 60.3 Å². The number of fused-ring (bicyclic) bond motifs is 1. The van der Waals surface area contributed by atoms with Gasteiger partial charge >= 0.3 is 0 Å². The molecule has 1 aliphatic heterocycles. The van der Waals surface area contributed by atoms with Crippen LogP contribution in [-0.4, -0.2) is 41.2 Å². The Hall–Kier alpha value is -2.50. The molecular formula is C19H20N4O. The SMILES string of the molecule is c1cc(CN2CCOCC2)cc(Nc2ncc3ccccc3n2)c1. The van der Waals surface area contributed by atoms with E-state index in [4.69, 9.17) is 4.74 Å². The lowest BCUT2D eigenvalue weighted by Gasteiger charge is -2.26. The molecule has 4 rings (SSSR count). The Morgan fingerprint density at radius 3 is 2.83 bits per heavy atom. The van der Waals surface area contributed by atoms with E-state index >= 15 is 0 Å². The standard InChI is InChI=1S/C19H20N4O/c1-2-7-18-16(5-1)13-20-19(22-18)21-17-6-3-4-15(12-17)14-23-8-10-24-11-9-23/h1-7,12-13H,8-11,14H2,(H,20,21,22). The van der Waals surface area contributed by atoms with Crippen molar-refractivity contribution in [2.45, 2.75) is 6.54 Å². The number of para-hydroxylation sites is 1. The fourth-order valence-corrected chi connectivity index (χ4v) is 2.93. The van der Waals surface area contributed by atoms with Crippen LogP contribution in [0.1, 0.15) is 5.56 Å². The summed E-state index contributed by atoms with van der Waals surface area (Å²) >= 11 is 0. The first-order valence-electron chi connectivity index (χ1n) is 8.25. The van der Waals surface area contributed by atoms with Gasteiger partial charge in [0.1, 0.15) is 0 Å². The summed E-state index contributed by atoms with van der Waals surface area (Å²) in [5.41, 5.74) is 3.23. The molecule has 2 aromatic carbocycles. The van der Waals surface area contributed by atoms with Gasteiger partial charge in [0.2, 0.25) is 5.95 Å². The molecule has 0 atom stereocenters. The molecule has 0 amide bonds. The fraction of sp³-hybridized carbons (Fsp3) is 0.263. The summed E-state index contributed by atoms with van der Waals surface area (Å²) in [5, 5.41) is 4.35. The average molecular weight is 320 g/mol. The minimum Gasteiger partial charge on any atom is -0.379 e. The molecule has 0 radical (unpaired) electrons. The van der Waals surface area contributed by atoms with E-state index in [1.54, 1.807) is 0 Å². The first kappa shape index (κ1) is 15.1. The first-order valence-corrected chi connectivity index (χ1v) is 8.25. The van der Waals surface area contributed by atoms with Crippen LogP contribution < -0.4 is 5.32 Å². The molecular weight excluding hydrogens is 300 g/mol. The monoisotopic (exact) mass is 320 g/mol. The van der Waals surface area contributed by atoms with Gasteiger partial charge in [0.05, 0.1) is 18.7 Å².